The van der Waals surface area contributed by atoms with Crippen molar-refractivity contribution in [2.75, 3.05) is 18.0 Å². The first kappa shape index (κ1) is 18.9. The van der Waals surface area contributed by atoms with Crippen molar-refractivity contribution in [3.05, 3.63) is 59.8 Å². The smallest absolute Gasteiger partial charge is 0.210 e. The van der Waals surface area contributed by atoms with Crippen molar-refractivity contribution in [2.24, 2.45) is 5.92 Å². The van der Waals surface area contributed by atoms with Crippen LogP contribution in [0.4, 0.5) is 5.69 Å². The van der Waals surface area contributed by atoms with Gasteiger partial charge in [-0.05, 0) is 61.9 Å². The average Bonchev–Trinajstić information content (AvgIpc) is 2.69. The molecule has 0 spiro atoms. The fraction of sp³-hybridized carbons (Fsp3) is 0.348. The lowest BCUT2D eigenvalue weighted by atomic mass is 9.99. The Morgan fingerprint density at radius 1 is 1.07 bits per heavy atom. The monoisotopic (exact) mass is 394 g/mol. The van der Waals surface area contributed by atoms with E-state index in [9.17, 15) is 8.42 Å². The van der Waals surface area contributed by atoms with E-state index in [1.165, 1.54) is 6.42 Å². The fourth-order valence-corrected chi connectivity index (χ4v) is 5.55. The van der Waals surface area contributed by atoms with Gasteiger partial charge in [0.25, 0.3) is 0 Å². The van der Waals surface area contributed by atoms with Gasteiger partial charge in [0.1, 0.15) is 4.90 Å². The SMILES string of the molecule is Cc1ccc(S(=O)(=O)c2cnc3ccccc3c2N2CCCC(C)C2)cc1C. The average molecular weight is 395 g/mol. The van der Waals surface area contributed by atoms with Crippen LogP contribution in [0.15, 0.2) is 58.5 Å². The predicted molar refractivity (Wildman–Crippen MR) is 114 cm³/mol. The molecule has 28 heavy (non-hydrogen) atoms. The molecule has 0 N–H and O–H groups in total. The molecule has 1 fully saturated rings. The molecule has 1 saturated heterocycles. The lowest BCUT2D eigenvalue weighted by Crippen LogP contribution is -2.35. The van der Waals surface area contributed by atoms with Gasteiger partial charge >= 0.3 is 0 Å². The summed E-state index contributed by atoms with van der Waals surface area (Å²) >= 11 is 0. The number of pyridine rings is 1. The van der Waals surface area contributed by atoms with Crippen molar-refractivity contribution >= 4 is 26.4 Å². The fourth-order valence-electron chi connectivity index (χ4n) is 4.03. The van der Waals surface area contributed by atoms with Crippen LogP contribution >= 0.6 is 0 Å². The Labute approximate surface area is 167 Å². The molecule has 4 rings (SSSR count). The van der Waals surface area contributed by atoms with Gasteiger partial charge < -0.3 is 4.90 Å². The van der Waals surface area contributed by atoms with Crippen LogP contribution < -0.4 is 4.90 Å². The molecule has 5 heteroatoms. The number of rotatable bonds is 3. The number of anilines is 1. The number of para-hydroxylation sites is 1. The Morgan fingerprint density at radius 3 is 2.61 bits per heavy atom. The van der Waals surface area contributed by atoms with Gasteiger partial charge in [-0.15, -0.1) is 0 Å². The van der Waals surface area contributed by atoms with Gasteiger partial charge in [0, 0.05) is 24.7 Å². The second-order valence-electron chi connectivity index (χ2n) is 7.93. The lowest BCUT2D eigenvalue weighted by Gasteiger charge is -2.34. The van der Waals surface area contributed by atoms with Crippen LogP contribution in [-0.4, -0.2) is 26.5 Å². The van der Waals surface area contributed by atoms with Crippen molar-refractivity contribution in [2.45, 2.75) is 43.4 Å². The van der Waals surface area contributed by atoms with Crippen LogP contribution in [0.3, 0.4) is 0 Å². The summed E-state index contributed by atoms with van der Waals surface area (Å²) in [6.45, 7) is 7.90. The maximum absolute atomic E-state index is 13.6. The van der Waals surface area contributed by atoms with Crippen LogP contribution in [0.25, 0.3) is 10.9 Å². The molecule has 1 aliphatic heterocycles. The Morgan fingerprint density at radius 2 is 1.86 bits per heavy atom. The first-order chi connectivity index (χ1) is 13.4. The summed E-state index contributed by atoms with van der Waals surface area (Å²) in [6.07, 6.45) is 3.79. The summed E-state index contributed by atoms with van der Waals surface area (Å²) in [4.78, 5) is 7.37. The van der Waals surface area contributed by atoms with Gasteiger partial charge in [0.2, 0.25) is 9.84 Å². The molecule has 2 aromatic carbocycles. The van der Waals surface area contributed by atoms with Crippen LogP contribution in [-0.2, 0) is 9.84 Å². The van der Waals surface area contributed by atoms with Crippen LogP contribution in [0.5, 0.6) is 0 Å². The molecule has 0 bridgehead atoms. The Balaban J connectivity index is 1.95. The number of nitrogens with zero attached hydrogens (tertiary/aromatic N) is 2. The minimum absolute atomic E-state index is 0.309. The third-order valence-corrected chi connectivity index (χ3v) is 7.52. The highest BCUT2D eigenvalue weighted by atomic mass is 32.2. The summed E-state index contributed by atoms with van der Waals surface area (Å²) < 4.78 is 27.2. The number of sulfone groups is 1. The zero-order valence-corrected chi connectivity index (χ0v) is 17.5. The van der Waals surface area contributed by atoms with E-state index >= 15 is 0 Å². The Bertz CT molecular complexity index is 1140. The second-order valence-corrected chi connectivity index (χ2v) is 9.85. The van der Waals surface area contributed by atoms with E-state index in [0.717, 1.165) is 47.2 Å². The predicted octanol–water partition coefficient (Wildman–Crippen LogP) is 4.92. The van der Waals surface area contributed by atoms with E-state index < -0.39 is 9.84 Å². The number of hydrogen-bond acceptors (Lipinski definition) is 4. The molecule has 1 aromatic heterocycles. The summed E-state index contributed by atoms with van der Waals surface area (Å²) in [6, 6.07) is 13.2. The van der Waals surface area contributed by atoms with Crippen LogP contribution in [0, 0.1) is 19.8 Å². The van der Waals surface area contributed by atoms with Crippen molar-refractivity contribution in [3.8, 4) is 0 Å². The molecular weight excluding hydrogens is 368 g/mol. The number of hydrogen-bond donors (Lipinski definition) is 0. The molecule has 3 aromatic rings. The molecule has 1 atom stereocenters. The minimum atomic E-state index is -3.67. The van der Waals surface area contributed by atoms with E-state index in [2.05, 4.69) is 16.8 Å². The number of aryl methyl sites for hydroxylation is 2. The minimum Gasteiger partial charge on any atom is -0.370 e. The molecule has 0 amide bonds. The summed E-state index contributed by atoms with van der Waals surface area (Å²) in [5.74, 6) is 0.540. The number of fused-ring (bicyclic) bond motifs is 1. The third kappa shape index (κ3) is 3.28. The maximum Gasteiger partial charge on any atom is 0.210 e. The maximum atomic E-state index is 13.6. The molecule has 0 saturated carbocycles. The first-order valence-electron chi connectivity index (χ1n) is 9.83. The normalized spacial score (nSPS) is 17.8. The van der Waals surface area contributed by atoms with E-state index in [1.807, 2.05) is 44.2 Å². The van der Waals surface area contributed by atoms with Crippen molar-refractivity contribution in [1.82, 2.24) is 4.98 Å². The van der Waals surface area contributed by atoms with Gasteiger partial charge in [0.05, 0.1) is 16.1 Å². The Kier molecular flexibility index (Phi) is 4.88. The van der Waals surface area contributed by atoms with Gasteiger partial charge in [-0.3, -0.25) is 4.98 Å². The Hall–Kier alpha value is -2.40. The molecule has 1 unspecified atom stereocenters. The molecule has 4 nitrogen and oxygen atoms in total. The van der Waals surface area contributed by atoms with E-state index in [-0.39, 0.29) is 0 Å². The zero-order chi connectivity index (χ0) is 19.9. The van der Waals surface area contributed by atoms with Gasteiger partial charge in [-0.1, -0.05) is 31.2 Å². The summed E-state index contributed by atoms with van der Waals surface area (Å²) in [5.41, 5.74) is 3.69. The quantitative estimate of drug-likeness (QED) is 0.633. The highest BCUT2D eigenvalue weighted by Gasteiger charge is 2.29. The molecule has 0 aliphatic carbocycles. The summed E-state index contributed by atoms with van der Waals surface area (Å²) in [5, 5.41) is 0.904. The van der Waals surface area contributed by atoms with Crippen LogP contribution in [0.1, 0.15) is 30.9 Å². The molecule has 0 radical (unpaired) electrons. The van der Waals surface area contributed by atoms with E-state index in [1.54, 1.807) is 18.3 Å². The van der Waals surface area contributed by atoms with Crippen molar-refractivity contribution in [1.29, 1.82) is 0 Å². The molecular formula is C23H26N2O2S. The molecule has 146 valence electrons. The standard InChI is InChI=1S/C23H26N2O2S/c1-16-7-6-12-25(15-16)23-20-8-4-5-9-21(20)24-14-22(23)28(26,27)19-11-10-17(2)18(3)13-19/h4-5,8-11,13-14,16H,6-7,12,15H2,1-3H3. The van der Waals surface area contributed by atoms with E-state index in [0.29, 0.717) is 15.7 Å². The molecule has 2 heterocycles. The van der Waals surface area contributed by atoms with Crippen molar-refractivity contribution in [3.63, 3.8) is 0 Å². The number of benzene rings is 2. The second kappa shape index (κ2) is 7.21. The van der Waals surface area contributed by atoms with Gasteiger partial charge in [-0.2, -0.15) is 0 Å². The lowest BCUT2D eigenvalue weighted by molar-refractivity contribution is 0.446. The molecule has 1 aliphatic rings. The third-order valence-electron chi connectivity index (χ3n) is 5.76. The first-order valence-corrected chi connectivity index (χ1v) is 11.3. The van der Waals surface area contributed by atoms with Gasteiger partial charge in [0.15, 0.2) is 0 Å². The highest BCUT2D eigenvalue weighted by Crippen LogP contribution is 2.37. The van der Waals surface area contributed by atoms with Crippen molar-refractivity contribution < 1.29 is 8.42 Å². The van der Waals surface area contributed by atoms with Crippen LogP contribution in [0.2, 0.25) is 0 Å². The topological polar surface area (TPSA) is 50.3 Å². The van der Waals surface area contributed by atoms with E-state index in [4.69, 9.17) is 0 Å². The zero-order valence-electron chi connectivity index (χ0n) is 16.6. The van der Waals surface area contributed by atoms with Gasteiger partial charge in [-0.25, -0.2) is 8.42 Å². The highest BCUT2D eigenvalue weighted by molar-refractivity contribution is 7.91. The number of aromatic nitrogens is 1. The number of piperidine rings is 1. The summed E-state index contributed by atoms with van der Waals surface area (Å²) in [7, 11) is -3.67. The largest absolute Gasteiger partial charge is 0.370 e.